The highest BCUT2D eigenvalue weighted by Gasteiger charge is 2.22. The molecule has 0 spiro atoms. The van der Waals surface area contributed by atoms with Crippen LogP contribution in [0.4, 0.5) is 5.69 Å². The van der Waals surface area contributed by atoms with E-state index in [1.165, 1.54) is 51.7 Å². The summed E-state index contributed by atoms with van der Waals surface area (Å²) in [7, 11) is 0. The summed E-state index contributed by atoms with van der Waals surface area (Å²) in [5.41, 5.74) is 0.713. The molecule has 1 fully saturated rings. The van der Waals surface area contributed by atoms with Gasteiger partial charge in [0, 0.05) is 13.0 Å². The Morgan fingerprint density at radius 1 is 1.12 bits per heavy atom. The smallest absolute Gasteiger partial charge is 0.224 e. The first-order valence-corrected chi connectivity index (χ1v) is 10.00. The van der Waals surface area contributed by atoms with Gasteiger partial charge in [-0.3, -0.25) is 4.79 Å². The topological polar surface area (TPSA) is 32.3 Å². The molecule has 0 aromatic heterocycles. The maximum absolute atomic E-state index is 12.1. The van der Waals surface area contributed by atoms with E-state index in [4.69, 9.17) is 11.6 Å². The first-order valence-electron chi connectivity index (χ1n) is 9.62. The van der Waals surface area contributed by atoms with Crippen molar-refractivity contribution in [1.29, 1.82) is 0 Å². The maximum atomic E-state index is 12.1. The fourth-order valence-corrected chi connectivity index (χ4v) is 4.14. The Balaban J connectivity index is 1.34. The lowest BCUT2D eigenvalue weighted by molar-refractivity contribution is -0.116. The predicted octanol–water partition coefficient (Wildman–Crippen LogP) is 5.13. The maximum Gasteiger partial charge on any atom is 0.224 e. The minimum absolute atomic E-state index is 0.0736. The van der Waals surface area contributed by atoms with E-state index in [9.17, 15) is 4.79 Å². The molecule has 1 N–H and O–H groups in total. The molecule has 0 saturated carbocycles. The second-order valence-corrected chi connectivity index (χ2v) is 7.87. The van der Waals surface area contributed by atoms with Gasteiger partial charge in [0.05, 0.1) is 10.7 Å². The number of halogens is 1. The highest BCUT2D eigenvalue weighted by atomic mass is 35.5. The number of hydrogen-bond donors (Lipinski definition) is 1. The van der Waals surface area contributed by atoms with Crippen molar-refractivity contribution in [3.63, 3.8) is 0 Å². The molecule has 1 aliphatic carbocycles. The number of carbonyl (C=O) groups excluding carboxylic acids is 1. The van der Waals surface area contributed by atoms with Gasteiger partial charge in [0.15, 0.2) is 0 Å². The zero-order valence-electron chi connectivity index (χ0n) is 14.9. The summed E-state index contributed by atoms with van der Waals surface area (Å²) >= 11 is 6.09. The summed E-state index contributed by atoms with van der Waals surface area (Å²) < 4.78 is 0. The van der Waals surface area contributed by atoms with Crippen molar-refractivity contribution in [3.05, 3.63) is 41.4 Å². The van der Waals surface area contributed by atoms with Gasteiger partial charge in [-0.2, -0.15) is 0 Å². The van der Waals surface area contributed by atoms with Gasteiger partial charge in [-0.25, -0.2) is 0 Å². The average Bonchev–Trinajstić information content (AvgIpc) is 2.64. The van der Waals surface area contributed by atoms with E-state index in [0.717, 1.165) is 12.3 Å². The Morgan fingerprint density at radius 2 is 1.92 bits per heavy atom. The summed E-state index contributed by atoms with van der Waals surface area (Å²) in [6.07, 6.45) is 12.5. The van der Waals surface area contributed by atoms with Crippen LogP contribution in [0.1, 0.15) is 44.9 Å². The molecule has 1 aromatic carbocycles. The Labute approximate surface area is 156 Å². The Morgan fingerprint density at radius 3 is 2.64 bits per heavy atom. The third-order valence-corrected chi connectivity index (χ3v) is 5.86. The minimum Gasteiger partial charge on any atom is -0.325 e. The number of likely N-dealkylation sites (tertiary alicyclic amines) is 1. The molecule has 1 aromatic rings. The SMILES string of the molecule is O=C(CCC1CCN(C[C@@H]2CC=CCC2)CC1)Nc1ccccc1Cl. The molecule has 136 valence electrons. The molecule has 1 heterocycles. The van der Waals surface area contributed by atoms with Crippen LogP contribution in [0.15, 0.2) is 36.4 Å². The largest absolute Gasteiger partial charge is 0.325 e. The monoisotopic (exact) mass is 360 g/mol. The van der Waals surface area contributed by atoms with Crippen LogP contribution in [0.2, 0.25) is 5.02 Å². The summed E-state index contributed by atoms with van der Waals surface area (Å²) in [5, 5.41) is 3.52. The van der Waals surface area contributed by atoms with Gasteiger partial charge >= 0.3 is 0 Å². The van der Waals surface area contributed by atoms with Crippen molar-refractivity contribution in [2.24, 2.45) is 11.8 Å². The van der Waals surface area contributed by atoms with Crippen LogP contribution in [0.3, 0.4) is 0 Å². The third-order valence-electron chi connectivity index (χ3n) is 5.53. The van der Waals surface area contributed by atoms with E-state index in [1.807, 2.05) is 18.2 Å². The van der Waals surface area contributed by atoms with E-state index in [2.05, 4.69) is 22.4 Å². The molecule has 2 aliphatic rings. The first-order chi connectivity index (χ1) is 12.2. The lowest BCUT2D eigenvalue weighted by Crippen LogP contribution is -2.37. The second-order valence-electron chi connectivity index (χ2n) is 7.46. The van der Waals surface area contributed by atoms with Crippen molar-refractivity contribution in [1.82, 2.24) is 4.90 Å². The highest BCUT2D eigenvalue weighted by Crippen LogP contribution is 2.26. The summed E-state index contributed by atoms with van der Waals surface area (Å²) in [5.74, 6) is 1.60. The van der Waals surface area contributed by atoms with Crippen molar-refractivity contribution < 1.29 is 4.79 Å². The number of nitrogens with one attached hydrogen (secondary N) is 1. The Kier molecular flexibility index (Phi) is 6.94. The zero-order valence-corrected chi connectivity index (χ0v) is 15.7. The minimum atomic E-state index is 0.0736. The van der Waals surface area contributed by atoms with E-state index in [0.29, 0.717) is 23.0 Å². The van der Waals surface area contributed by atoms with Gasteiger partial charge < -0.3 is 10.2 Å². The number of piperidine rings is 1. The predicted molar refractivity (Wildman–Crippen MR) is 105 cm³/mol. The number of allylic oxidation sites excluding steroid dienone is 2. The molecule has 1 atom stereocenters. The molecule has 1 aliphatic heterocycles. The molecular formula is C21H29ClN2O. The third kappa shape index (κ3) is 5.86. The number of hydrogen-bond acceptors (Lipinski definition) is 2. The summed E-state index contributed by atoms with van der Waals surface area (Å²) in [6, 6.07) is 7.41. The van der Waals surface area contributed by atoms with Crippen LogP contribution in [-0.2, 0) is 4.79 Å². The zero-order chi connectivity index (χ0) is 17.5. The quantitative estimate of drug-likeness (QED) is 0.713. The molecule has 3 nitrogen and oxygen atoms in total. The van der Waals surface area contributed by atoms with Crippen molar-refractivity contribution in [2.75, 3.05) is 25.0 Å². The van der Waals surface area contributed by atoms with E-state index < -0.39 is 0 Å². The molecule has 0 radical (unpaired) electrons. The number of nitrogens with zero attached hydrogens (tertiary/aromatic N) is 1. The molecule has 1 amide bonds. The van der Waals surface area contributed by atoms with Crippen LogP contribution < -0.4 is 5.32 Å². The summed E-state index contributed by atoms with van der Waals surface area (Å²) in [6.45, 7) is 3.64. The van der Waals surface area contributed by atoms with Gasteiger partial charge in [-0.1, -0.05) is 35.9 Å². The fourth-order valence-electron chi connectivity index (χ4n) is 3.96. The number of para-hydroxylation sites is 1. The van der Waals surface area contributed by atoms with E-state index in [-0.39, 0.29) is 5.91 Å². The average molecular weight is 361 g/mol. The molecule has 1 saturated heterocycles. The molecule has 0 bridgehead atoms. The van der Waals surface area contributed by atoms with Crippen molar-refractivity contribution in [2.45, 2.75) is 44.9 Å². The van der Waals surface area contributed by atoms with E-state index >= 15 is 0 Å². The van der Waals surface area contributed by atoms with Crippen LogP contribution >= 0.6 is 11.6 Å². The molecule has 4 heteroatoms. The van der Waals surface area contributed by atoms with Gasteiger partial charge in [-0.05, 0) is 75.6 Å². The molecule has 3 rings (SSSR count). The molecular weight excluding hydrogens is 332 g/mol. The van der Waals surface area contributed by atoms with Gasteiger partial charge in [0.25, 0.3) is 0 Å². The standard InChI is InChI=1S/C21H29ClN2O/c22-19-8-4-5-9-20(19)23-21(25)11-10-17-12-14-24(15-13-17)16-18-6-2-1-3-7-18/h1-2,4-5,8-9,17-18H,3,6-7,10-16H2,(H,23,25)/t18-/m1/s1. The van der Waals surface area contributed by atoms with Gasteiger partial charge in [0.2, 0.25) is 5.91 Å². The van der Waals surface area contributed by atoms with Crippen molar-refractivity contribution >= 4 is 23.2 Å². The lowest BCUT2D eigenvalue weighted by atomic mass is 9.89. The van der Waals surface area contributed by atoms with Gasteiger partial charge in [-0.15, -0.1) is 0 Å². The highest BCUT2D eigenvalue weighted by molar-refractivity contribution is 6.33. The van der Waals surface area contributed by atoms with Crippen LogP contribution in [0.25, 0.3) is 0 Å². The number of carbonyl (C=O) groups is 1. The molecule has 0 unspecified atom stereocenters. The lowest BCUT2D eigenvalue weighted by Gasteiger charge is -2.34. The second kappa shape index (κ2) is 9.40. The van der Waals surface area contributed by atoms with E-state index in [1.54, 1.807) is 6.07 Å². The van der Waals surface area contributed by atoms with Crippen LogP contribution in [0, 0.1) is 11.8 Å². The molecule has 25 heavy (non-hydrogen) atoms. The Bertz CT molecular complexity index is 593. The number of rotatable bonds is 6. The normalized spacial score (nSPS) is 22.0. The number of anilines is 1. The van der Waals surface area contributed by atoms with Gasteiger partial charge in [0.1, 0.15) is 0 Å². The number of benzene rings is 1. The summed E-state index contributed by atoms with van der Waals surface area (Å²) in [4.78, 5) is 14.8. The van der Waals surface area contributed by atoms with Crippen LogP contribution in [0.5, 0.6) is 0 Å². The fraction of sp³-hybridized carbons (Fsp3) is 0.571. The number of amides is 1. The van der Waals surface area contributed by atoms with Crippen LogP contribution in [-0.4, -0.2) is 30.4 Å². The Hall–Kier alpha value is -1.32. The first kappa shape index (κ1) is 18.5. The van der Waals surface area contributed by atoms with Crippen molar-refractivity contribution in [3.8, 4) is 0 Å².